The summed E-state index contributed by atoms with van der Waals surface area (Å²) in [4.78, 5) is 27.1. The summed E-state index contributed by atoms with van der Waals surface area (Å²) >= 11 is 0. The van der Waals surface area contributed by atoms with Crippen LogP contribution in [-0.4, -0.2) is 57.7 Å². The predicted molar refractivity (Wildman–Crippen MR) is 119 cm³/mol. The van der Waals surface area contributed by atoms with E-state index in [9.17, 15) is 9.59 Å². The number of carbonyl (C=O) groups excluding carboxylic acids is 2. The van der Waals surface area contributed by atoms with Gasteiger partial charge in [-0.25, -0.2) is 0 Å². The third-order valence-electron chi connectivity index (χ3n) is 5.33. The number of likely N-dealkylation sites (tertiary alicyclic amines) is 1. The van der Waals surface area contributed by atoms with Crippen LogP contribution in [-0.2, 0) is 9.59 Å². The molecule has 1 aliphatic heterocycles. The van der Waals surface area contributed by atoms with E-state index < -0.39 is 0 Å². The summed E-state index contributed by atoms with van der Waals surface area (Å²) in [5.74, 6) is 1.69. The third kappa shape index (κ3) is 6.11. The van der Waals surface area contributed by atoms with Crippen molar-refractivity contribution >= 4 is 23.2 Å². The van der Waals surface area contributed by atoms with Gasteiger partial charge in [-0.1, -0.05) is 6.07 Å². The van der Waals surface area contributed by atoms with Crippen molar-refractivity contribution < 1.29 is 23.8 Å². The maximum atomic E-state index is 12.6. The number of carbonyl (C=O) groups is 2. The first-order chi connectivity index (χ1) is 15.0. The molecule has 2 N–H and O–H groups in total. The number of nitrogens with zero attached hydrogens (tertiary/aromatic N) is 1. The molecule has 1 fully saturated rings. The SMILES string of the molecule is COc1cccc(NC(=O)C2CCN(CC(=O)Nc3ccc(OC)c(OC)c3)CC2)c1. The highest BCUT2D eigenvalue weighted by Crippen LogP contribution is 2.29. The summed E-state index contributed by atoms with van der Waals surface area (Å²) in [6, 6.07) is 12.6. The molecule has 166 valence electrons. The molecule has 0 aliphatic carbocycles. The number of rotatable bonds is 8. The number of anilines is 2. The van der Waals surface area contributed by atoms with Gasteiger partial charge in [-0.2, -0.15) is 0 Å². The van der Waals surface area contributed by atoms with Crippen LogP contribution in [0.1, 0.15) is 12.8 Å². The number of amides is 2. The molecule has 0 unspecified atom stereocenters. The van der Waals surface area contributed by atoms with Crippen molar-refractivity contribution in [3.63, 3.8) is 0 Å². The minimum absolute atomic E-state index is 0.00248. The minimum Gasteiger partial charge on any atom is -0.497 e. The second-order valence-corrected chi connectivity index (χ2v) is 7.39. The number of piperidine rings is 1. The first-order valence-electron chi connectivity index (χ1n) is 10.2. The van der Waals surface area contributed by atoms with Crippen LogP contribution in [0.25, 0.3) is 0 Å². The first kappa shape index (κ1) is 22.4. The van der Waals surface area contributed by atoms with Gasteiger partial charge in [0.05, 0.1) is 27.9 Å². The lowest BCUT2D eigenvalue weighted by molar-refractivity contribution is -0.121. The molecule has 0 aromatic heterocycles. The van der Waals surface area contributed by atoms with Crippen molar-refractivity contribution in [1.82, 2.24) is 4.90 Å². The quantitative estimate of drug-likeness (QED) is 0.673. The average Bonchev–Trinajstić information content (AvgIpc) is 2.79. The average molecular weight is 428 g/mol. The van der Waals surface area contributed by atoms with Gasteiger partial charge in [0.25, 0.3) is 0 Å². The molecule has 1 aliphatic rings. The Bertz CT molecular complexity index is 910. The highest BCUT2D eigenvalue weighted by Gasteiger charge is 2.26. The fourth-order valence-electron chi connectivity index (χ4n) is 3.62. The molecule has 8 heteroatoms. The lowest BCUT2D eigenvalue weighted by atomic mass is 9.96. The molecule has 8 nitrogen and oxygen atoms in total. The Labute approximate surface area is 182 Å². The summed E-state index contributed by atoms with van der Waals surface area (Å²) in [5, 5.41) is 5.84. The van der Waals surface area contributed by atoms with E-state index in [4.69, 9.17) is 14.2 Å². The molecule has 1 saturated heterocycles. The first-order valence-corrected chi connectivity index (χ1v) is 10.2. The molecule has 3 rings (SSSR count). The summed E-state index contributed by atoms with van der Waals surface area (Å²) in [6.07, 6.45) is 1.42. The van der Waals surface area contributed by atoms with Gasteiger partial charge < -0.3 is 24.8 Å². The Kier molecular flexibility index (Phi) is 7.72. The molecule has 0 spiro atoms. The van der Waals surface area contributed by atoms with Gasteiger partial charge in [0, 0.05) is 29.4 Å². The van der Waals surface area contributed by atoms with Crippen LogP contribution < -0.4 is 24.8 Å². The molecule has 31 heavy (non-hydrogen) atoms. The molecule has 2 amide bonds. The van der Waals surface area contributed by atoms with E-state index in [1.807, 2.05) is 18.2 Å². The van der Waals surface area contributed by atoms with E-state index in [0.29, 0.717) is 48.9 Å². The third-order valence-corrected chi connectivity index (χ3v) is 5.33. The molecule has 0 bridgehead atoms. The second kappa shape index (κ2) is 10.7. The molecular formula is C23H29N3O5. The number of methoxy groups -OCH3 is 3. The van der Waals surface area contributed by atoms with Crippen LogP contribution in [0.15, 0.2) is 42.5 Å². The highest BCUT2D eigenvalue weighted by atomic mass is 16.5. The van der Waals surface area contributed by atoms with Crippen LogP contribution in [0, 0.1) is 5.92 Å². The van der Waals surface area contributed by atoms with Crippen molar-refractivity contribution in [3.8, 4) is 17.2 Å². The highest BCUT2D eigenvalue weighted by molar-refractivity contribution is 5.93. The van der Waals surface area contributed by atoms with Crippen LogP contribution >= 0.6 is 0 Å². The maximum absolute atomic E-state index is 12.6. The molecule has 0 radical (unpaired) electrons. The number of benzene rings is 2. The van der Waals surface area contributed by atoms with Gasteiger partial charge in [-0.05, 0) is 50.2 Å². The van der Waals surface area contributed by atoms with Crippen molar-refractivity contribution in [1.29, 1.82) is 0 Å². The zero-order chi connectivity index (χ0) is 22.2. The van der Waals surface area contributed by atoms with E-state index in [1.54, 1.807) is 45.6 Å². The summed E-state index contributed by atoms with van der Waals surface area (Å²) in [7, 11) is 4.71. The lowest BCUT2D eigenvalue weighted by Gasteiger charge is -2.30. The Morgan fingerprint density at radius 2 is 1.61 bits per heavy atom. The number of ether oxygens (including phenoxy) is 3. The van der Waals surface area contributed by atoms with E-state index in [2.05, 4.69) is 15.5 Å². The smallest absolute Gasteiger partial charge is 0.238 e. The van der Waals surface area contributed by atoms with Gasteiger partial charge >= 0.3 is 0 Å². The standard InChI is InChI=1S/C23H29N3O5/c1-29-19-6-4-5-17(13-19)25-23(28)16-9-11-26(12-10-16)15-22(27)24-18-7-8-20(30-2)21(14-18)31-3/h4-8,13-14,16H,9-12,15H2,1-3H3,(H,24,27)(H,25,28). The summed E-state index contributed by atoms with van der Waals surface area (Å²) in [5.41, 5.74) is 1.37. The Balaban J connectivity index is 1.46. The second-order valence-electron chi connectivity index (χ2n) is 7.39. The predicted octanol–water partition coefficient (Wildman–Crippen LogP) is 3.00. The van der Waals surface area contributed by atoms with Crippen LogP contribution in [0.5, 0.6) is 17.2 Å². The molecule has 0 saturated carbocycles. The Morgan fingerprint density at radius 3 is 2.29 bits per heavy atom. The van der Waals surface area contributed by atoms with Gasteiger partial charge in [0.1, 0.15) is 5.75 Å². The normalized spacial score (nSPS) is 14.5. The lowest BCUT2D eigenvalue weighted by Crippen LogP contribution is -2.41. The van der Waals surface area contributed by atoms with Gasteiger partial charge in [-0.15, -0.1) is 0 Å². The monoisotopic (exact) mass is 427 g/mol. The fraction of sp³-hybridized carbons (Fsp3) is 0.391. The van der Waals surface area contributed by atoms with E-state index in [-0.39, 0.29) is 24.3 Å². The molecule has 1 heterocycles. The van der Waals surface area contributed by atoms with Crippen LogP contribution in [0.2, 0.25) is 0 Å². The maximum Gasteiger partial charge on any atom is 0.238 e. The van der Waals surface area contributed by atoms with Crippen molar-refractivity contribution in [2.24, 2.45) is 5.92 Å². The molecule has 2 aromatic carbocycles. The number of hydrogen-bond donors (Lipinski definition) is 2. The molecular weight excluding hydrogens is 398 g/mol. The van der Waals surface area contributed by atoms with Gasteiger partial charge in [0.15, 0.2) is 11.5 Å². The van der Waals surface area contributed by atoms with Crippen molar-refractivity contribution in [2.75, 3.05) is 51.6 Å². The Morgan fingerprint density at radius 1 is 0.903 bits per heavy atom. The number of nitrogens with one attached hydrogen (secondary N) is 2. The summed E-state index contributed by atoms with van der Waals surface area (Å²) in [6.45, 7) is 1.66. The molecule has 0 atom stereocenters. The van der Waals surface area contributed by atoms with Gasteiger partial charge in [0.2, 0.25) is 11.8 Å². The van der Waals surface area contributed by atoms with E-state index in [0.717, 1.165) is 5.69 Å². The Hall–Kier alpha value is -3.26. The van der Waals surface area contributed by atoms with E-state index in [1.165, 1.54) is 0 Å². The number of hydrogen-bond acceptors (Lipinski definition) is 6. The molecule has 2 aromatic rings. The zero-order valence-electron chi connectivity index (χ0n) is 18.1. The van der Waals surface area contributed by atoms with E-state index >= 15 is 0 Å². The fourth-order valence-corrected chi connectivity index (χ4v) is 3.62. The largest absolute Gasteiger partial charge is 0.497 e. The minimum atomic E-state index is -0.105. The summed E-state index contributed by atoms with van der Waals surface area (Å²) < 4.78 is 15.7. The van der Waals surface area contributed by atoms with Crippen LogP contribution in [0.3, 0.4) is 0 Å². The topological polar surface area (TPSA) is 89.1 Å². The van der Waals surface area contributed by atoms with Crippen molar-refractivity contribution in [2.45, 2.75) is 12.8 Å². The zero-order valence-corrected chi connectivity index (χ0v) is 18.1. The van der Waals surface area contributed by atoms with Crippen molar-refractivity contribution in [3.05, 3.63) is 42.5 Å². The van der Waals surface area contributed by atoms with Crippen LogP contribution in [0.4, 0.5) is 11.4 Å². The van der Waals surface area contributed by atoms with Gasteiger partial charge in [-0.3, -0.25) is 14.5 Å².